The van der Waals surface area contributed by atoms with Crippen LogP contribution in [0.25, 0.3) is 0 Å². The Balaban J connectivity index is 1.65. The highest BCUT2D eigenvalue weighted by molar-refractivity contribution is 7.89. The molecule has 1 aromatic carbocycles. The number of hydrogen-bond acceptors (Lipinski definition) is 6. The Morgan fingerprint density at radius 3 is 2.57 bits per heavy atom. The lowest BCUT2D eigenvalue weighted by molar-refractivity contribution is 0.0600. The van der Waals surface area contributed by atoms with Gasteiger partial charge >= 0.3 is 5.97 Å². The molecule has 0 radical (unpaired) electrons. The average Bonchev–Trinajstić information content (AvgIpc) is 3.46. The van der Waals surface area contributed by atoms with Crippen LogP contribution in [0.1, 0.15) is 38.4 Å². The van der Waals surface area contributed by atoms with Gasteiger partial charge in [-0.2, -0.15) is 4.31 Å². The fraction of sp³-hybridized carbons (Fsp3) is 0.368. The lowest BCUT2D eigenvalue weighted by atomic mass is 10.1. The minimum Gasteiger partial charge on any atom is -0.465 e. The van der Waals surface area contributed by atoms with Crippen LogP contribution in [-0.2, 0) is 21.2 Å². The molecule has 1 amide bonds. The summed E-state index contributed by atoms with van der Waals surface area (Å²) in [6.07, 6.45) is 2.29. The quantitative estimate of drug-likeness (QED) is 0.710. The lowest BCUT2D eigenvalue weighted by Gasteiger charge is -2.19. The molecule has 9 heteroatoms. The van der Waals surface area contributed by atoms with Gasteiger partial charge in [-0.3, -0.25) is 4.79 Å². The molecule has 0 saturated carbocycles. The predicted molar refractivity (Wildman–Crippen MR) is 105 cm³/mol. The van der Waals surface area contributed by atoms with E-state index in [2.05, 4.69) is 0 Å². The largest absolute Gasteiger partial charge is 0.465 e. The van der Waals surface area contributed by atoms with Crippen molar-refractivity contribution in [2.24, 2.45) is 0 Å². The number of methoxy groups -OCH3 is 1. The first kappa shape index (κ1) is 19.1. The lowest BCUT2D eigenvalue weighted by Crippen LogP contribution is -2.32. The number of carbonyl (C=O) groups is 2. The van der Waals surface area contributed by atoms with E-state index in [1.807, 2.05) is 0 Å². The molecule has 0 atom stereocenters. The van der Waals surface area contributed by atoms with Crippen LogP contribution in [0.4, 0.5) is 5.69 Å². The molecule has 7 nitrogen and oxygen atoms in total. The second kappa shape index (κ2) is 7.31. The van der Waals surface area contributed by atoms with E-state index in [1.54, 1.807) is 28.5 Å². The van der Waals surface area contributed by atoms with Crippen LogP contribution in [0.3, 0.4) is 0 Å². The van der Waals surface area contributed by atoms with Gasteiger partial charge in [0.1, 0.15) is 9.77 Å². The maximum absolute atomic E-state index is 13.2. The van der Waals surface area contributed by atoms with Gasteiger partial charge in [0, 0.05) is 25.3 Å². The van der Waals surface area contributed by atoms with Crippen LogP contribution < -0.4 is 4.90 Å². The Labute approximate surface area is 167 Å². The number of ether oxygens (including phenoxy) is 1. The number of nitrogens with zero attached hydrogens (tertiary/aromatic N) is 2. The van der Waals surface area contributed by atoms with Gasteiger partial charge in [0.2, 0.25) is 10.0 Å². The summed E-state index contributed by atoms with van der Waals surface area (Å²) in [5, 5.41) is 1.65. The van der Waals surface area contributed by atoms with Crippen LogP contribution in [0.2, 0.25) is 0 Å². The number of hydrogen-bond donors (Lipinski definition) is 0. The van der Waals surface area contributed by atoms with Crippen molar-refractivity contribution in [1.29, 1.82) is 0 Å². The highest BCUT2D eigenvalue weighted by atomic mass is 32.2. The van der Waals surface area contributed by atoms with Gasteiger partial charge in [-0.25, -0.2) is 13.2 Å². The zero-order valence-electron chi connectivity index (χ0n) is 15.4. The molecule has 1 aromatic heterocycles. The zero-order valence-corrected chi connectivity index (χ0v) is 17.0. The second-order valence-electron chi connectivity index (χ2n) is 6.77. The van der Waals surface area contributed by atoms with E-state index in [1.165, 1.54) is 17.5 Å². The van der Waals surface area contributed by atoms with Crippen molar-refractivity contribution in [3.05, 3.63) is 45.6 Å². The van der Waals surface area contributed by atoms with Gasteiger partial charge < -0.3 is 9.64 Å². The first-order valence-electron chi connectivity index (χ1n) is 9.04. The number of esters is 1. The van der Waals surface area contributed by atoms with Crippen molar-refractivity contribution in [3.8, 4) is 0 Å². The van der Waals surface area contributed by atoms with Crippen molar-refractivity contribution in [2.45, 2.75) is 24.2 Å². The number of amides is 1. The van der Waals surface area contributed by atoms with Crippen LogP contribution in [0.15, 0.2) is 34.5 Å². The van der Waals surface area contributed by atoms with Crippen LogP contribution in [-0.4, -0.2) is 51.3 Å². The molecule has 2 aromatic rings. The Hall–Kier alpha value is -2.23. The molecule has 148 valence electrons. The Bertz CT molecular complexity index is 1040. The maximum atomic E-state index is 13.2. The van der Waals surface area contributed by atoms with E-state index in [-0.39, 0.29) is 15.7 Å². The summed E-state index contributed by atoms with van der Waals surface area (Å²) < 4.78 is 32.1. The average molecular weight is 421 g/mol. The standard InChI is InChI=1S/C19H20N2O5S2/c1-26-19(23)14-4-5-15-13(12-14)6-10-21(15)18(22)17-16(7-11-27-17)28(24,25)20-8-2-3-9-20/h4-5,7,11-12H,2-3,6,8-10H2,1H3. The highest BCUT2D eigenvalue weighted by Crippen LogP contribution is 2.34. The third-order valence-corrected chi connectivity index (χ3v) is 8.12. The SMILES string of the molecule is COC(=O)c1ccc2c(c1)CCN2C(=O)c1sccc1S(=O)(=O)N1CCCC1. The summed E-state index contributed by atoms with van der Waals surface area (Å²) in [5.74, 6) is -0.748. The second-order valence-corrected chi connectivity index (χ2v) is 9.59. The minimum absolute atomic E-state index is 0.0871. The van der Waals surface area contributed by atoms with Gasteiger partial charge in [0.05, 0.1) is 12.7 Å². The Kier molecular flexibility index (Phi) is 4.98. The van der Waals surface area contributed by atoms with E-state index >= 15 is 0 Å². The van der Waals surface area contributed by atoms with Gasteiger partial charge in [0.25, 0.3) is 5.91 Å². The molecule has 2 aliphatic heterocycles. The van der Waals surface area contributed by atoms with E-state index < -0.39 is 16.0 Å². The Morgan fingerprint density at radius 2 is 1.86 bits per heavy atom. The maximum Gasteiger partial charge on any atom is 0.337 e. The molecular formula is C19H20N2O5S2. The number of sulfonamides is 1. The van der Waals surface area contributed by atoms with E-state index in [4.69, 9.17) is 4.74 Å². The smallest absolute Gasteiger partial charge is 0.337 e. The third kappa shape index (κ3) is 3.13. The number of anilines is 1. The van der Waals surface area contributed by atoms with Crippen LogP contribution in [0.5, 0.6) is 0 Å². The first-order valence-corrected chi connectivity index (χ1v) is 11.4. The van der Waals surface area contributed by atoms with E-state index in [0.717, 1.165) is 29.7 Å². The van der Waals surface area contributed by atoms with Crippen molar-refractivity contribution < 1.29 is 22.7 Å². The van der Waals surface area contributed by atoms with Crippen molar-refractivity contribution >= 4 is 38.9 Å². The van der Waals surface area contributed by atoms with Crippen molar-refractivity contribution in [3.63, 3.8) is 0 Å². The van der Waals surface area contributed by atoms with E-state index in [9.17, 15) is 18.0 Å². The summed E-state index contributed by atoms with van der Waals surface area (Å²) in [5.41, 5.74) is 2.01. The molecular weight excluding hydrogens is 400 g/mol. The summed E-state index contributed by atoms with van der Waals surface area (Å²) >= 11 is 1.15. The summed E-state index contributed by atoms with van der Waals surface area (Å²) in [7, 11) is -2.34. The van der Waals surface area contributed by atoms with E-state index in [0.29, 0.717) is 37.3 Å². The monoisotopic (exact) mass is 420 g/mol. The molecule has 0 unspecified atom stereocenters. The number of fused-ring (bicyclic) bond motifs is 1. The Morgan fingerprint density at radius 1 is 1.11 bits per heavy atom. The van der Waals surface area contributed by atoms with Gasteiger partial charge in [-0.1, -0.05) is 0 Å². The number of thiophene rings is 1. The van der Waals surface area contributed by atoms with Gasteiger partial charge in [0.15, 0.2) is 0 Å². The molecule has 0 aliphatic carbocycles. The zero-order chi connectivity index (χ0) is 19.9. The number of rotatable bonds is 4. The topological polar surface area (TPSA) is 84.0 Å². The number of benzene rings is 1. The van der Waals surface area contributed by atoms with Crippen LogP contribution in [0, 0.1) is 0 Å². The molecule has 1 saturated heterocycles. The first-order chi connectivity index (χ1) is 13.4. The van der Waals surface area contributed by atoms with Crippen LogP contribution >= 0.6 is 11.3 Å². The van der Waals surface area contributed by atoms with Crippen molar-refractivity contribution in [1.82, 2.24) is 4.31 Å². The predicted octanol–water partition coefficient (Wildman–Crippen LogP) is 2.52. The normalized spacial score (nSPS) is 17.0. The fourth-order valence-corrected chi connectivity index (χ4v) is 6.56. The van der Waals surface area contributed by atoms with Gasteiger partial charge in [-0.05, 0) is 54.5 Å². The molecule has 28 heavy (non-hydrogen) atoms. The molecule has 0 spiro atoms. The minimum atomic E-state index is -3.66. The molecule has 0 bridgehead atoms. The summed E-state index contributed by atoms with van der Waals surface area (Å²) in [6, 6.07) is 6.58. The summed E-state index contributed by atoms with van der Waals surface area (Å²) in [4.78, 5) is 26.8. The van der Waals surface area contributed by atoms with Crippen molar-refractivity contribution in [2.75, 3.05) is 31.6 Å². The third-order valence-electron chi connectivity index (χ3n) is 5.15. The molecule has 4 rings (SSSR count). The molecule has 3 heterocycles. The molecule has 2 aliphatic rings. The fourth-order valence-electron chi connectivity index (χ4n) is 3.70. The summed E-state index contributed by atoms with van der Waals surface area (Å²) in [6.45, 7) is 1.43. The van der Waals surface area contributed by atoms with Gasteiger partial charge in [-0.15, -0.1) is 11.3 Å². The molecule has 1 fully saturated rings. The molecule has 0 N–H and O–H groups in total. The highest BCUT2D eigenvalue weighted by Gasteiger charge is 2.35. The number of carbonyl (C=O) groups excluding carboxylic acids is 2.